The van der Waals surface area contributed by atoms with Crippen molar-refractivity contribution in [2.75, 3.05) is 12.3 Å². The maximum atomic E-state index is 13.1. The van der Waals surface area contributed by atoms with Crippen molar-refractivity contribution in [2.24, 2.45) is 0 Å². The van der Waals surface area contributed by atoms with Crippen molar-refractivity contribution in [3.05, 3.63) is 65.2 Å². The SMILES string of the molecule is CCCCNC(=O)[C@H](CC)N(Cc1ccccc1Cl)C(=O)CSc1ccccc1. The zero-order valence-electron chi connectivity index (χ0n) is 17.1. The smallest absolute Gasteiger partial charge is 0.242 e. The number of amides is 2. The summed E-state index contributed by atoms with van der Waals surface area (Å²) in [7, 11) is 0. The molecule has 0 radical (unpaired) electrons. The van der Waals surface area contributed by atoms with Crippen LogP contribution in [0.2, 0.25) is 5.02 Å². The van der Waals surface area contributed by atoms with E-state index in [1.165, 1.54) is 11.8 Å². The number of thioether (sulfide) groups is 1. The van der Waals surface area contributed by atoms with Crippen molar-refractivity contribution >= 4 is 35.2 Å². The number of rotatable bonds is 11. The first-order chi connectivity index (χ1) is 14.1. The predicted octanol–water partition coefficient (Wildman–Crippen LogP) is 5.16. The Morgan fingerprint density at radius 1 is 1.07 bits per heavy atom. The molecule has 0 saturated carbocycles. The zero-order valence-corrected chi connectivity index (χ0v) is 18.6. The monoisotopic (exact) mass is 432 g/mol. The molecule has 0 bridgehead atoms. The highest BCUT2D eigenvalue weighted by Gasteiger charge is 2.28. The number of carbonyl (C=O) groups is 2. The van der Waals surface area contributed by atoms with Crippen LogP contribution in [0.5, 0.6) is 0 Å². The van der Waals surface area contributed by atoms with Crippen LogP contribution < -0.4 is 5.32 Å². The van der Waals surface area contributed by atoms with E-state index in [2.05, 4.69) is 12.2 Å². The van der Waals surface area contributed by atoms with Gasteiger partial charge in [-0.2, -0.15) is 0 Å². The Hall–Kier alpha value is -1.98. The van der Waals surface area contributed by atoms with Crippen LogP contribution in [0.25, 0.3) is 0 Å². The molecule has 0 spiro atoms. The third-order valence-corrected chi connectivity index (χ3v) is 5.99. The highest BCUT2D eigenvalue weighted by atomic mass is 35.5. The lowest BCUT2D eigenvalue weighted by Gasteiger charge is -2.31. The Morgan fingerprint density at radius 2 is 1.76 bits per heavy atom. The number of unbranched alkanes of at least 4 members (excludes halogenated alkanes) is 1. The number of nitrogens with zero attached hydrogens (tertiary/aromatic N) is 1. The molecule has 0 aliphatic rings. The van der Waals surface area contributed by atoms with Gasteiger partial charge in [-0.05, 0) is 36.6 Å². The number of benzene rings is 2. The van der Waals surface area contributed by atoms with E-state index < -0.39 is 6.04 Å². The Kier molecular flexibility index (Phi) is 10.1. The molecule has 0 aliphatic heterocycles. The molecular formula is C23H29ClN2O2S. The number of nitrogens with one attached hydrogen (secondary N) is 1. The first-order valence-electron chi connectivity index (χ1n) is 10.0. The molecule has 4 nitrogen and oxygen atoms in total. The maximum Gasteiger partial charge on any atom is 0.242 e. The topological polar surface area (TPSA) is 49.4 Å². The van der Waals surface area contributed by atoms with Gasteiger partial charge in [-0.1, -0.05) is 68.3 Å². The average Bonchev–Trinajstić information content (AvgIpc) is 2.74. The molecule has 0 fully saturated rings. The number of halogens is 1. The van der Waals surface area contributed by atoms with Crippen LogP contribution >= 0.6 is 23.4 Å². The first-order valence-corrected chi connectivity index (χ1v) is 11.4. The van der Waals surface area contributed by atoms with Gasteiger partial charge in [0.05, 0.1) is 5.75 Å². The molecule has 2 aromatic carbocycles. The molecule has 0 aromatic heterocycles. The summed E-state index contributed by atoms with van der Waals surface area (Å²) in [6.07, 6.45) is 2.47. The fraction of sp³-hybridized carbons (Fsp3) is 0.391. The summed E-state index contributed by atoms with van der Waals surface area (Å²) in [5.74, 6) is 0.0926. The van der Waals surface area contributed by atoms with Crippen molar-refractivity contribution in [3.63, 3.8) is 0 Å². The highest BCUT2D eigenvalue weighted by Crippen LogP contribution is 2.22. The molecule has 0 saturated heterocycles. The molecular weight excluding hydrogens is 404 g/mol. The first kappa shape index (κ1) is 23.3. The molecule has 29 heavy (non-hydrogen) atoms. The van der Waals surface area contributed by atoms with Gasteiger partial charge in [0.1, 0.15) is 6.04 Å². The summed E-state index contributed by atoms with van der Waals surface area (Å²) >= 11 is 7.81. The lowest BCUT2D eigenvalue weighted by molar-refractivity contribution is -0.139. The van der Waals surface area contributed by atoms with Crippen LogP contribution in [0, 0.1) is 0 Å². The van der Waals surface area contributed by atoms with Crippen molar-refractivity contribution in [3.8, 4) is 0 Å². The standard InChI is InChI=1S/C23H29ClN2O2S/c1-3-5-15-25-23(28)21(4-2)26(16-18-11-9-10-14-20(18)24)22(27)17-29-19-12-7-6-8-13-19/h6-14,21H,3-5,15-17H2,1-2H3,(H,25,28)/t21-/m0/s1. The van der Waals surface area contributed by atoms with E-state index in [4.69, 9.17) is 11.6 Å². The number of carbonyl (C=O) groups excluding carboxylic acids is 2. The van der Waals surface area contributed by atoms with E-state index in [9.17, 15) is 9.59 Å². The van der Waals surface area contributed by atoms with E-state index in [0.717, 1.165) is 23.3 Å². The van der Waals surface area contributed by atoms with E-state index >= 15 is 0 Å². The molecule has 2 aromatic rings. The lowest BCUT2D eigenvalue weighted by Crippen LogP contribution is -2.49. The summed E-state index contributed by atoms with van der Waals surface area (Å²) in [5.41, 5.74) is 0.840. The predicted molar refractivity (Wildman–Crippen MR) is 121 cm³/mol. The molecule has 1 N–H and O–H groups in total. The van der Waals surface area contributed by atoms with Crippen LogP contribution in [-0.2, 0) is 16.1 Å². The fourth-order valence-electron chi connectivity index (χ4n) is 2.98. The molecule has 0 heterocycles. The van der Waals surface area contributed by atoms with Gasteiger partial charge in [-0.15, -0.1) is 11.8 Å². The van der Waals surface area contributed by atoms with Crippen molar-refractivity contribution in [1.29, 1.82) is 0 Å². The van der Waals surface area contributed by atoms with Crippen LogP contribution in [0.4, 0.5) is 0 Å². The largest absolute Gasteiger partial charge is 0.354 e. The summed E-state index contributed by atoms with van der Waals surface area (Å²) in [5, 5.41) is 3.57. The summed E-state index contributed by atoms with van der Waals surface area (Å²) in [6.45, 7) is 4.95. The fourth-order valence-corrected chi connectivity index (χ4v) is 3.98. The highest BCUT2D eigenvalue weighted by molar-refractivity contribution is 8.00. The number of hydrogen-bond donors (Lipinski definition) is 1. The summed E-state index contributed by atoms with van der Waals surface area (Å²) < 4.78 is 0. The van der Waals surface area contributed by atoms with E-state index in [1.807, 2.05) is 55.5 Å². The van der Waals surface area contributed by atoms with Crippen molar-refractivity contribution in [2.45, 2.75) is 50.6 Å². The lowest BCUT2D eigenvalue weighted by atomic mass is 10.1. The number of hydrogen-bond acceptors (Lipinski definition) is 3. The second-order valence-corrected chi connectivity index (χ2v) is 8.24. The van der Waals surface area contributed by atoms with Gasteiger partial charge in [-0.25, -0.2) is 0 Å². The molecule has 156 valence electrons. The second kappa shape index (κ2) is 12.6. The van der Waals surface area contributed by atoms with E-state index in [-0.39, 0.29) is 17.6 Å². The van der Waals surface area contributed by atoms with Crippen molar-refractivity contribution in [1.82, 2.24) is 10.2 Å². The van der Waals surface area contributed by atoms with Gasteiger partial charge in [-0.3, -0.25) is 9.59 Å². The molecule has 1 atom stereocenters. The van der Waals surface area contributed by atoms with E-state index in [1.54, 1.807) is 11.0 Å². The van der Waals surface area contributed by atoms with Gasteiger partial charge in [0.25, 0.3) is 0 Å². The van der Waals surface area contributed by atoms with Crippen LogP contribution in [0.1, 0.15) is 38.7 Å². The maximum absolute atomic E-state index is 13.1. The zero-order chi connectivity index (χ0) is 21.1. The van der Waals surface area contributed by atoms with Crippen LogP contribution in [0.15, 0.2) is 59.5 Å². The third-order valence-electron chi connectivity index (χ3n) is 4.62. The quantitative estimate of drug-likeness (QED) is 0.394. The molecule has 0 aliphatic carbocycles. The minimum absolute atomic E-state index is 0.0729. The Morgan fingerprint density at radius 3 is 2.41 bits per heavy atom. The van der Waals surface area contributed by atoms with Gasteiger partial charge in [0.2, 0.25) is 11.8 Å². The van der Waals surface area contributed by atoms with Crippen LogP contribution in [-0.4, -0.2) is 35.1 Å². The summed E-state index contributed by atoms with van der Waals surface area (Å²) in [6, 6.07) is 16.7. The normalized spacial score (nSPS) is 11.7. The molecule has 2 rings (SSSR count). The summed E-state index contributed by atoms with van der Waals surface area (Å²) in [4.78, 5) is 28.6. The second-order valence-electron chi connectivity index (χ2n) is 6.78. The van der Waals surface area contributed by atoms with Gasteiger partial charge < -0.3 is 10.2 Å². The Balaban J connectivity index is 2.17. The Bertz CT molecular complexity index is 785. The van der Waals surface area contributed by atoms with Crippen LogP contribution in [0.3, 0.4) is 0 Å². The minimum atomic E-state index is -0.521. The third kappa shape index (κ3) is 7.41. The van der Waals surface area contributed by atoms with Gasteiger partial charge in [0, 0.05) is 23.0 Å². The minimum Gasteiger partial charge on any atom is -0.354 e. The van der Waals surface area contributed by atoms with Gasteiger partial charge in [0.15, 0.2) is 0 Å². The molecule has 0 unspecified atom stereocenters. The molecule has 2 amide bonds. The molecule has 6 heteroatoms. The van der Waals surface area contributed by atoms with Gasteiger partial charge >= 0.3 is 0 Å². The Labute approximate surface area is 183 Å². The van der Waals surface area contributed by atoms with Crippen molar-refractivity contribution < 1.29 is 9.59 Å². The average molecular weight is 433 g/mol. The van der Waals surface area contributed by atoms with E-state index in [0.29, 0.717) is 24.5 Å².